The van der Waals surface area contributed by atoms with Gasteiger partial charge in [0.15, 0.2) is 0 Å². The molecule has 2 aromatic rings. The highest BCUT2D eigenvalue weighted by atomic mass is 79.9. The number of aliphatic hydroxyl groups excluding tert-OH is 1. The van der Waals surface area contributed by atoms with Crippen molar-refractivity contribution in [3.63, 3.8) is 0 Å². The van der Waals surface area contributed by atoms with Gasteiger partial charge in [0.1, 0.15) is 12.4 Å². The van der Waals surface area contributed by atoms with Crippen LogP contribution < -0.4 is 9.47 Å². The zero-order valence-corrected chi connectivity index (χ0v) is 12.9. The number of pyridine rings is 1. The second kappa shape index (κ2) is 6.72. The second-order valence-corrected chi connectivity index (χ2v) is 5.23. The summed E-state index contributed by atoms with van der Waals surface area (Å²) in [5, 5.41) is 9.79. The van der Waals surface area contributed by atoms with Crippen LogP contribution in [0, 0.1) is 0 Å². The standard InChI is InChI=1S/C15H16BrNO3/c1-10(18)13-8-12(16)5-6-14(13)20-9-11-4-3-7-17-15(11)19-2/h3-8,10,18H,9H2,1-2H3/t10-/m0/s1. The lowest BCUT2D eigenvalue weighted by atomic mass is 10.1. The number of aliphatic hydroxyl groups is 1. The molecule has 0 unspecified atom stereocenters. The first kappa shape index (κ1) is 14.8. The third-order valence-electron chi connectivity index (χ3n) is 2.85. The SMILES string of the molecule is COc1ncccc1COc1ccc(Br)cc1[C@H](C)O. The predicted octanol–water partition coefficient (Wildman–Crippen LogP) is 3.49. The summed E-state index contributed by atoms with van der Waals surface area (Å²) in [6.45, 7) is 2.04. The van der Waals surface area contributed by atoms with Crippen molar-refractivity contribution in [1.29, 1.82) is 0 Å². The van der Waals surface area contributed by atoms with E-state index in [-0.39, 0.29) is 0 Å². The lowest BCUT2D eigenvalue weighted by Gasteiger charge is -2.14. The Morgan fingerprint density at radius 2 is 2.15 bits per heavy atom. The maximum absolute atomic E-state index is 9.79. The highest BCUT2D eigenvalue weighted by Gasteiger charge is 2.11. The van der Waals surface area contributed by atoms with Crippen LogP contribution >= 0.6 is 15.9 Å². The molecule has 0 fully saturated rings. The Hall–Kier alpha value is -1.59. The number of nitrogens with zero attached hydrogens (tertiary/aromatic N) is 1. The van der Waals surface area contributed by atoms with E-state index in [4.69, 9.17) is 9.47 Å². The topological polar surface area (TPSA) is 51.6 Å². The van der Waals surface area contributed by atoms with Crippen LogP contribution in [0.2, 0.25) is 0 Å². The van der Waals surface area contributed by atoms with Crippen LogP contribution in [0.3, 0.4) is 0 Å². The summed E-state index contributed by atoms with van der Waals surface area (Å²) in [4.78, 5) is 4.12. The van der Waals surface area contributed by atoms with Crippen molar-refractivity contribution in [1.82, 2.24) is 4.98 Å². The Bertz CT molecular complexity index is 587. The van der Waals surface area contributed by atoms with E-state index in [0.717, 1.165) is 15.6 Å². The first-order valence-corrected chi connectivity index (χ1v) is 6.99. The van der Waals surface area contributed by atoms with E-state index in [1.165, 1.54) is 0 Å². The lowest BCUT2D eigenvalue weighted by molar-refractivity contribution is 0.189. The summed E-state index contributed by atoms with van der Waals surface area (Å²) < 4.78 is 11.9. The number of hydrogen-bond acceptors (Lipinski definition) is 4. The smallest absolute Gasteiger partial charge is 0.219 e. The zero-order chi connectivity index (χ0) is 14.5. The third kappa shape index (κ3) is 3.49. The molecule has 1 N–H and O–H groups in total. The minimum absolute atomic E-state index is 0.332. The van der Waals surface area contributed by atoms with Crippen molar-refractivity contribution >= 4 is 15.9 Å². The van der Waals surface area contributed by atoms with Crippen LogP contribution in [-0.4, -0.2) is 17.2 Å². The number of methoxy groups -OCH3 is 1. The van der Waals surface area contributed by atoms with Crippen LogP contribution in [0.25, 0.3) is 0 Å². The van der Waals surface area contributed by atoms with Gasteiger partial charge >= 0.3 is 0 Å². The molecule has 5 heteroatoms. The number of ether oxygens (including phenoxy) is 2. The molecule has 0 saturated carbocycles. The minimum Gasteiger partial charge on any atom is -0.488 e. The fourth-order valence-corrected chi connectivity index (χ4v) is 2.23. The monoisotopic (exact) mass is 337 g/mol. The minimum atomic E-state index is -0.599. The molecule has 1 aromatic heterocycles. The van der Waals surface area contributed by atoms with E-state index in [1.807, 2.05) is 30.3 Å². The van der Waals surface area contributed by atoms with Gasteiger partial charge < -0.3 is 14.6 Å². The molecule has 1 aromatic carbocycles. The van der Waals surface area contributed by atoms with E-state index in [1.54, 1.807) is 20.2 Å². The van der Waals surface area contributed by atoms with E-state index < -0.39 is 6.10 Å². The van der Waals surface area contributed by atoms with Crippen LogP contribution in [0.15, 0.2) is 41.0 Å². The quantitative estimate of drug-likeness (QED) is 0.907. The van der Waals surface area contributed by atoms with Crippen molar-refractivity contribution < 1.29 is 14.6 Å². The Morgan fingerprint density at radius 1 is 1.35 bits per heavy atom. The summed E-state index contributed by atoms with van der Waals surface area (Å²) in [6, 6.07) is 9.28. The van der Waals surface area contributed by atoms with Crippen LogP contribution in [0.1, 0.15) is 24.2 Å². The molecular weight excluding hydrogens is 322 g/mol. The Balaban J connectivity index is 2.19. The van der Waals surface area contributed by atoms with Crippen LogP contribution in [-0.2, 0) is 6.61 Å². The third-order valence-corrected chi connectivity index (χ3v) is 3.34. The molecule has 2 rings (SSSR count). The molecule has 0 saturated heterocycles. The zero-order valence-electron chi connectivity index (χ0n) is 11.3. The summed E-state index contributed by atoms with van der Waals surface area (Å²) in [5.74, 6) is 1.19. The number of halogens is 1. The first-order valence-electron chi connectivity index (χ1n) is 6.20. The first-order chi connectivity index (χ1) is 9.61. The molecule has 1 heterocycles. The second-order valence-electron chi connectivity index (χ2n) is 4.32. The highest BCUT2D eigenvalue weighted by molar-refractivity contribution is 9.10. The van der Waals surface area contributed by atoms with Crippen LogP contribution in [0.4, 0.5) is 0 Å². The molecule has 106 valence electrons. The van der Waals surface area contributed by atoms with E-state index in [2.05, 4.69) is 20.9 Å². The lowest BCUT2D eigenvalue weighted by Crippen LogP contribution is -2.03. The van der Waals surface area contributed by atoms with Gasteiger partial charge in [-0.25, -0.2) is 4.98 Å². The summed E-state index contributed by atoms with van der Waals surface area (Å²) in [7, 11) is 1.58. The van der Waals surface area contributed by atoms with Gasteiger partial charge in [-0.1, -0.05) is 15.9 Å². The number of hydrogen-bond donors (Lipinski definition) is 1. The maximum atomic E-state index is 9.79. The van der Waals surface area contributed by atoms with Crippen molar-refractivity contribution in [2.24, 2.45) is 0 Å². The van der Waals surface area contributed by atoms with Gasteiger partial charge in [0.25, 0.3) is 0 Å². The number of aromatic nitrogens is 1. The molecule has 20 heavy (non-hydrogen) atoms. The fourth-order valence-electron chi connectivity index (χ4n) is 1.85. The summed E-state index contributed by atoms with van der Waals surface area (Å²) in [6.07, 6.45) is 1.07. The average molecular weight is 338 g/mol. The molecular formula is C15H16BrNO3. The maximum Gasteiger partial charge on any atom is 0.219 e. The van der Waals surface area contributed by atoms with E-state index in [0.29, 0.717) is 18.2 Å². The molecule has 4 nitrogen and oxygen atoms in total. The van der Waals surface area contributed by atoms with Crippen molar-refractivity contribution in [3.8, 4) is 11.6 Å². The van der Waals surface area contributed by atoms with Crippen molar-refractivity contribution in [2.45, 2.75) is 19.6 Å². The predicted molar refractivity (Wildman–Crippen MR) is 79.9 cm³/mol. The van der Waals surface area contributed by atoms with Gasteiger partial charge in [-0.2, -0.15) is 0 Å². The van der Waals surface area contributed by atoms with Gasteiger partial charge in [0.05, 0.1) is 18.8 Å². The van der Waals surface area contributed by atoms with Crippen molar-refractivity contribution in [3.05, 3.63) is 52.1 Å². The molecule has 0 amide bonds. The Kier molecular flexibility index (Phi) is 4.98. The molecule has 0 aliphatic heterocycles. The molecule has 0 aliphatic carbocycles. The van der Waals surface area contributed by atoms with Crippen LogP contribution in [0.5, 0.6) is 11.6 Å². The van der Waals surface area contributed by atoms with Gasteiger partial charge in [-0.05, 0) is 37.3 Å². The molecule has 0 radical (unpaired) electrons. The van der Waals surface area contributed by atoms with Gasteiger partial charge in [0, 0.05) is 16.2 Å². The fraction of sp³-hybridized carbons (Fsp3) is 0.267. The number of rotatable bonds is 5. The normalized spacial score (nSPS) is 12.0. The molecule has 1 atom stereocenters. The molecule has 0 aliphatic rings. The summed E-state index contributed by atoms with van der Waals surface area (Å²) in [5.41, 5.74) is 1.59. The largest absolute Gasteiger partial charge is 0.488 e. The van der Waals surface area contributed by atoms with Gasteiger partial charge in [-0.3, -0.25) is 0 Å². The Morgan fingerprint density at radius 3 is 2.85 bits per heavy atom. The summed E-state index contributed by atoms with van der Waals surface area (Å²) >= 11 is 3.39. The molecule has 0 spiro atoms. The number of benzene rings is 1. The van der Waals surface area contributed by atoms with Gasteiger partial charge in [0.2, 0.25) is 5.88 Å². The Labute approximate surface area is 126 Å². The van der Waals surface area contributed by atoms with Gasteiger partial charge in [-0.15, -0.1) is 0 Å². The van der Waals surface area contributed by atoms with E-state index >= 15 is 0 Å². The average Bonchev–Trinajstić information content (AvgIpc) is 2.46. The highest BCUT2D eigenvalue weighted by Crippen LogP contribution is 2.29. The molecule has 0 bridgehead atoms. The van der Waals surface area contributed by atoms with E-state index in [9.17, 15) is 5.11 Å². The van der Waals surface area contributed by atoms with Crippen molar-refractivity contribution in [2.75, 3.05) is 7.11 Å².